The van der Waals surface area contributed by atoms with E-state index in [9.17, 15) is 4.79 Å². The van der Waals surface area contributed by atoms with Crippen molar-refractivity contribution in [2.75, 3.05) is 24.3 Å². The minimum Gasteiger partial charge on any atom is -0.378 e. The van der Waals surface area contributed by atoms with E-state index >= 15 is 0 Å². The third-order valence-electron chi connectivity index (χ3n) is 3.08. The van der Waals surface area contributed by atoms with Crippen LogP contribution < -0.4 is 15.8 Å². The zero-order valence-corrected chi connectivity index (χ0v) is 13.0. The third-order valence-corrected chi connectivity index (χ3v) is 3.95. The van der Waals surface area contributed by atoms with Gasteiger partial charge in [-0.05, 0) is 29.6 Å². The quantitative estimate of drug-likeness (QED) is 0.774. The molecule has 0 aliphatic heterocycles. The Balaban J connectivity index is 1.86. The molecule has 0 spiro atoms. The lowest BCUT2D eigenvalue weighted by Gasteiger charge is -2.13. The first kappa shape index (κ1) is 14.3. The molecular weight excluding hydrogens is 298 g/mol. The topological polar surface area (TPSA) is 73.9 Å². The molecule has 0 saturated carbocycles. The number of aromatic nitrogens is 3. The van der Waals surface area contributed by atoms with Gasteiger partial charge in [0.2, 0.25) is 5.95 Å². The normalized spacial score (nSPS) is 10.5. The van der Waals surface area contributed by atoms with Crippen LogP contribution in [0.3, 0.4) is 0 Å². The Bertz CT molecular complexity index is 826. The molecule has 3 rings (SSSR count). The second-order valence-electron chi connectivity index (χ2n) is 4.90. The zero-order chi connectivity index (χ0) is 15.5. The van der Waals surface area contributed by atoms with Gasteiger partial charge in [-0.3, -0.25) is 9.78 Å². The molecule has 2 aromatic heterocycles. The number of rotatable bonds is 4. The highest BCUT2D eigenvalue weighted by molar-refractivity contribution is 7.13. The van der Waals surface area contributed by atoms with Gasteiger partial charge in [-0.2, -0.15) is 0 Å². The van der Waals surface area contributed by atoms with Gasteiger partial charge in [-0.15, -0.1) is 21.5 Å². The molecule has 0 atom stereocenters. The summed E-state index contributed by atoms with van der Waals surface area (Å²) < 4.78 is 0. The SMILES string of the molecule is CN(C)c1cccc(Nc2nnc(-c3cccs3)c(=O)[nH]2)c1. The van der Waals surface area contributed by atoms with Gasteiger partial charge < -0.3 is 10.2 Å². The Morgan fingerprint density at radius 1 is 1.18 bits per heavy atom. The van der Waals surface area contributed by atoms with Crippen LogP contribution in [0.2, 0.25) is 0 Å². The van der Waals surface area contributed by atoms with Gasteiger partial charge in [0.25, 0.3) is 5.56 Å². The van der Waals surface area contributed by atoms with Crippen LogP contribution >= 0.6 is 11.3 Å². The first-order valence-electron chi connectivity index (χ1n) is 6.69. The molecule has 0 amide bonds. The van der Waals surface area contributed by atoms with Crippen molar-refractivity contribution in [3.8, 4) is 10.6 Å². The largest absolute Gasteiger partial charge is 0.378 e. The van der Waals surface area contributed by atoms with E-state index in [1.54, 1.807) is 0 Å². The lowest BCUT2D eigenvalue weighted by atomic mass is 10.2. The number of aromatic amines is 1. The van der Waals surface area contributed by atoms with Crippen LogP contribution in [-0.2, 0) is 0 Å². The maximum atomic E-state index is 12.1. The molecule has 2 heterocycles. The molecule has 7 heteroatoms. The molecule has 0 aliphatic carbocycles. The number of H-pyrrole nitrogens is 1. The number of thiophene rings is 1. The van der Waals surface area contributed by atoms with E-state index < -0.39 is 0 Å². The molecule has 0 saturated heterocycles. The van der Waals surface area contributed by atoms with Gasteiger partial charge in [-0.1, -0.05) is 12.1 Å². The fourth-order valence-corrected chi connectivity index (χ4v) is 2.67. The monoisotopic (exact) mass is 313 g/mol. The summed E-state index contributed by atoms with van der Waals surface area (Å²) in [7, 11) is 3.94. The van der Waals surface area contributed by atoms with Gasteiger partial charge in [0.15, 0.2) is 5.69 Å². The highest BCUT2D eigenvalue weighted by atomic mass is 32.1. The average Bonchev–Trinajstić information content (AvgIpc) is 3.01. The van der Waals surface area contributed by atoms with Crippen LogP contribution in [0, 0.1) is 0 Å². The van der Waals surface area contributed by atoms with Crippen molar-refractivity contribution in [2.24, 2.45) is 0 Å². The van der Waals surface area contributed by atoms with Gasteiger partial charge in [0.05, 0.1) is 4.88 Å². The van der Waals surface area contributed by atoms with Crippen molar-refractivity contribution in [3.63, 3.8) is 0 Å². The van der Waals surface area contributed by atoms with Crippen molar-refractivity contribution < 1.29 is 0 Å². The summed E-state index contributed by atoms with van der Waals surface area (Å²) in [6.45, 7) is 0. The summed E-state index contributed by atoms with van der Waals surface area (Å²) >= 11 is 1.46. The Hall–Kier alpha value is -2.67. The van der Waals surface area contributed by atoms with E-state index in [1.807, 2.05) is 60.8 Å². The highest BCUT2D eigenvalue weighted by Gasteiger charge is 2.08. The fraction of sp³-hybridized carbons (Fsp3) is 0.133. The minimum absolute atomic E-state index is 0.260. The molecule has 112 valence electrons. The highest BCUT2D eigenvalue weighted by Crippen LogP contribution is 2.21. The second-order valence-corrected chi connectivity index (χ2v) is 5.85. The fourth-order valence-electron chi connectivity index (χ4n) is 1.97. The molecule has 0 aliphatic rings. The maximum Gasteiger partial charge on any atom is 0.280 e. The van der Waals surface area contributed by atoms with E-state index in [-0.39, 0.29) is 5.56 Å². The van der Waals surface area contributed by atoms with E-state index in [1.165, 1.54) is 11.3 Å². The van der Waals surface area contributed by atoms with Crippen LogP contribution in [0.15, 0.2) is 46.6 Å². The van der Waals surface area contributed by atoms with Crippen LogP contribution in [0.4, 0.5) is 17.3 Å². The number of nitrogens with one attached hydrogen (secondary N) is 2. The molecule has 6 nitrogen and oxygen atoms in total. The Morgan fingerprint density at radius 2 is 2.05 bits per heavy atom. The number of hydrogen-bond acceptors (Lipinski definition) is 6. The number of hydrogen-bond donors (Lipinski definition) is 2. The lowest BCUT2D eigenvalue weighted by Crippen LogP contribution is -2.15. The summed E-state index contributed by atoms with van der Waals surface area (Å²) in [5.41, 5.74) is 1.96. The van der Waals surface area contributed by atoms with Gasteiger partial charge in [0, 0.05) is 25.5 Å². The average molecular weight is 313 g/mol. The molecular formula is C15H15N5OS. The van der Waals surface area contributed by atoms with E-state index in [0.29, 0.717) is 11.6 Å². The summed E-state index contributed by atoms with van der Waals surface area (Å²) in [5, 5.41) is 13.0. The van der Waals surface area contributed by atoms with Crippen LogP contribution in [0.1, 0.15) is 0 Å². The molecule has 3 aromatic rings. The zero-order valence-electron chi connectivity index (χ0n) is 12.2. The van der Waals surface area contributed by atoms with E-state index in [2.05, 4.69) is 20.5 Å². The van der Waals surface area contributed by atoms with E-state index in [4.69, 9.17) is 0 Å². The molecule has 0 bridgehead atoms. The van der Waals surface area contributed by atoms with Crippen molar-refractivity contribution in [3.05, 3.63) is 52.1 Å². The van der Waals surface area contributed by atoms with Crippen molar-refractivity contribution in [1.82, 2.24) is 15.2 Å². The first-order valence-corrected chi connectivity index (χ1v) is 7.57. The van der Waals surface area contributed by atoms with Crippen LogP contribution in [-0.4, -0.2) is 29.3 Å². The third kappa shape index (κ3) is 2.99. The molecule has 0 fully saturated rings. The molecule has 1 aromatic carbocycles. The van der Waals surface area contributed by atoms with Crippen molar-refractivity contribution >= 4 is 28.7 Å². The predicted molar refractivity (Wildman–Crippen MR) is 90.0 cm³/mol. The second kappa shape index (κ2) is 5.98. The van der Waals surface area contributed by atoms with Crippen molar-refractivity contribution in [2.45, 2.75) is 0 Å². The van der Waals surface area contributed by atoms with E-state index in [0.717, 1.165) is 16.3 Å². The first-order chi connectivity index (χ1) is 10.6. The van der Waals surface area contributed by atoms with Gasteiger partial charge in [0.1, 0.15) is 0 Å². The molecule has 22 heavy (non-hydrogen) atoms. The van der Waals surface area contributed by atoms with Crippen LogP contribution in [0.25, 0.3) is 10.6 Å². The molecule has 2 N–H and O–H groups in total. The summed E-state index contributed by atoms with van der Waals surface area (Å²) in [6.07, 6.45) is 0. The van der Waals surface area contributed by atoms with Gasteiger partial charge in [-0.25, -0.2) is 0 Å². The number of anilines is 3. The Kier molecular flexibility index (Phi) is 3.88. The number of nitrogens with zero attached hydrogens (tertiary/aromatic N) is 3. The maximum absolute atomic E-state index is 12.1. The van der Waals surface area contributed by atoms with Gasteiger partial charge >= 0.3 is 0 Å². The van der Waals surface area contributed by atoms with Crippen molar-refractivity contribution in [1.29, 1.82) is 0 Å². The predicted octanol–water partition coefficient (Wildman–Crippen LogP) is 2.70. The molecule has 0 unspecified atom stereocenters. The summed E-state index contributed by atoms with van der Waals surface area (Å²) in [4.78, 5) is 17.6. The molecule has 0 radical (unpaired) electrons. The number of benzene rings is 1. The summed E-state index contributed by atoms with van der Waals surface area (Å²) in [6, 6.07) is 11.5. The standard InChI is InChI=1S/C15H15N5OS/c1-20(2)11-6-3-5-10(9-11)16-15-17-14(21)13(18-19-15)12-7-4-8-22-12/h3-9H,1-2H3,(H2,16,17,19,21). The minimum atomic E-state index is -0.260. The summed E-state index contributed by atoms with van der Waals surface area (Å²) in [5.74, 6) is 0.321. The Morgan fingerprint density at radius 3 is 2.73 bits per heavy atom. The van der Waals surface area contributed by atoms with Crippen LogP contribution in [0.5, 0.6) is 0 Å². The Labute approximate surface area is 131 Å². The smallest absolute Gasteiger partial charge is 0.280 e. The lowest BCUT2D eigenvalue weighted by molar-refractivity contribution is 0.964.